The number of morpholine rings is 1. The van der Waals surface area contributed by atoms with E-state index in [9.17, 15) is 0 Å². The van der Waals surface area contributed by atoms with Crippen molar-refractivity contribution in [1.82, 2.24) is 9.97 Å². The predicted molar refractivity (Wildman–Crippen MR) is 54.5 cm³/mol. The SMILES string of the molecule is N#Cc1cnc(C#N)c(N2CCOCC2)n1. The summed E-state index contributed by atoms with van der Waals surface area (Å²) in [5.41, 5.74) is 0.474. The molecule has 1 saturated heterocycles. The summed E-state index contributed by atoms with van der Waals surface area (Å²) in [4.78, 5) is 9.94. The van der Waals surface area contributed by atoms with Gasteiger partial charge in [0.2, 0.25) is 0 Å². The van der Waals surface area contributed by atoms with E-state index in [1.165, 1.54) is 6.20 Å². The quantitative estimate of drug-likeness (QED) is 0.658. The van der Waals surface area contributed by atoms with Crippen LogP contribution in [-0.2, 0) is 4.74 Å². The van der Waals surface area contributed by atoms with Crippen LogP contribution in [0.1, 0.15) is 11.4 Å². The van der Waals surface area contributed by atoms with Crippen LogP contribution in [0.15, 0.2) is 6.20 Å². The first-order valence-corrected chi connectivity index (χ1v) is 4.85. The average molecular weight is 215 g/mol. The molecule has 0 aliphatic carbocycles. The van der Waals surface area contributed by atoms with E-state index in [0.29, 0.717) is 32.1 Å². The minimum atomic E-state index is 0.223. The van der Waals surface area contributed by atoms with Crippen LogP contribution >= 0.6 is 0 Å². The fourth-order valence-corrected chi connectivity index (χ4v) is 1.51. The third-order valence-corrected chi connectivity index (χ3v) is 2.29. The van der Waals surface area contributed by atoms with Crippen LogP contribution in [-0.4, -0.2) is 36.3 Å². The molecule has 1 aromatic heterocycles. The first-order chi connectivity index (χ1) is 7.85. The van der Waals surface area contributed by atoms with Gasteiger partial charge in [0.15, 0.2) is 17.2 Å². The van der Waals surface area contributed by atoms with Gasteiger partial charge in [-0.1, -0.05) is 0 Å². The second kappa shape index (κ2) is 4.56. The Hall–Kier alpha value is -2.18. The van der Waals surface area contributed by atoms with Crippen molar-refractivity contribution in [2.24, 2.45) is 0 Å². The van der Waals surface area contributed by atoms with Crippen molar-refractivity contribution in [1.29, 1.82) is 10.5 Å². The van der Waals surface area contributed by atoms with Gasteiger partial charge in [0.1, 0.15) is 12.1 Å². The number of aromatic nitrogens is 2. The first kappa shape index (κ1) is 10.3. The number of ether oxygens (including phenoxy) is 1. The largest absolute Gasteiger partial charge is 0.378 e. The number of hydrogen-bond acceptors (Lipinski definition) is 6. The fourth-order valence-electron chi connectivity index (χ4n) is 1.51. The van der Waals surface area contributed by atoms with E-state index >= 15 is 0 Å². The summed E-state index contributed by atoms with van der Waals surface area (Å²) in [6.07, 6.45) is 1.31. The maximum absolute atomic E-state index is 8.92. The Morgan fingerprint density at radius 1 is 1.25 bits per heavy atom. The molecule has 0 unspecified atom stereocenters. The lowest BCUT2D eigenvalue weighted by molar-refractivity contribution is 0.122. The van der Waals surface area contributed by atoms with Crippen molar-refractivity contribution < 1.29 is 4.74 Å². The molecule has 0 spiro atoms. The van der Waals surface area contributed by atoms with Crippen LogP contribution in [0.2, 0.25) is 0 Å². The maximum Gasteiger partial charge on any atom is 0.183 e. The van der Waals surface area contributed by atoms with Crippen LogP contribution in [0.25, 0.3) is 0 Å². The van der Waals surface area contributed by atoms with E-state index in [0.717, 1.165) is 0 Å². The van der Waals surface area contributed by atoms with Crippen LogP contribution in [0.4, 0.5) is 5.82 Å². The van der Waals surface area contributed by atoms with Crippen molar-refractivity contribution in [2.45, 2.75) is 0 Å². The second-order valence-electron chi connectivity index (χ2n) is 3.25. The zero-order chi connectivity index (χ0) is 11.4. The number of nitriles is 2. The number of hydrogen-bond donors (Lipinski definition) is 0. The smallest absolute Gasteiger partial charge is 0.183 e. The van der Waals surface area contributed by atoms with Crippen molar-refractivity contribution in [3.8, 4) is 12.1 Å². The normalized spacial score (nSPS) is 15.2. The van der Waals surface area contributed by atoms with Crippen molar-refractivity contribution in [3.63, 3.8) is 0 Å². The molecule has 0 amide bonds. The highest BCUT2D eigenvalue weighted by atomic mass is 16.5. The van der Waals surface area contributed by atoms with Gasteiger partial charge in [-0.05, 0) is 0 Å². The molecular formula is C10H9N5O. The molecule has 0 bridgehead atoms. The highest BCUT2D eigenvalue weighted by Gasteiger charge is 2.17. The molecule has 6 nitrogen and oxygen atoms in total. The van der Waals surface area contributed by atoms with Gasteiger partial charge in [-0.2, -0.15) is 10.5 Å². The van der Waals surface area contributed by atoms with E-state index in [1.54, 1.807) is 0 Å². The molecule has 0 atom stereocenters. The zero-order valence-corrected chi connectivity index (χ0v) is 8.55. The summed E-state index contributed by atoms with van der Waals surface area (Å²) in [5, 5.41) is 17.7. The monoisotopic (exact) mass is 215 g/mol. The molecule has 16 heavy (non-hydrogen) atoms. The topological polar surface area (TPSA) is 85.8 Å². The number of anilines is 1. The summed E-state index contributed by atoms with van der Waals surface area (Å²) in [6.45, 7) is 2.53. The molecule has 2 heterocycles. The highest BCUT2D eigenvalue weighted by Crippen LogP contribution is 2.16. The molecule has 0 aromatic carbocycles. The molecule has 1 aliphatic heterocycles. The van der Waals surface area contributed by atoms with Crippen molar-refractivity contribution >= 4 is 5.82 Å². The summed E-state index contributed by atoms with van der Waals surface area (Å²) in [7, 11) is 0. The Labute approximate surface area is 92.7 Å². The van der Waals surface area contributed by atoms with Crippen molar-refractivity contribution in [3.05, 3.63) is 17.6 Å². The van der Waals surface area contributed by atoms with Crippen LogP contribution in [0.3, 0.4) is 0 Å². The maximum atomic E-state index is 8.92. The molecule has 1 fully saturated rings. The Morgan fingerprint density at radius 3 is 2.62 bits per heavy atom. The van der Waals surface area contributed by atoms with Crippen LogP contribution in [0, 0.1) is 22.7 Å². The Bertz CT molecular complexity index is 467. The predicted octanol–water partition coefficient (Wildman–Crippen LogP) is 0.0566. The molecule has 2 rings (SSSR count). The van der Waals surface area contributed by atoms with Crippen molar-refractivity contribution in [2.75, 3.05) is 31.2 Å². The van der Waals surface area contributed by atoms with Gasteiger partial charge < -0.3 is 9.64 Å². The molecule has 1 aromatic rings. The summed E-state index contributed by atoms with van der Waals surface area (Å²) >= 11 is 0. The summed E-state index contributed by atoms with van der Waals surface area (Å²) in [6, 6.07) is 3.90. The molecule has 0 saturated carbocycles. The minimum absolute atomic E-state index is 0.223. The third kappa shape index (κ3) is 1.92. The summed E-state index contributed by atoms with van der Waals surface area (Å²) < 4.78 is 5.21. The molecule has 1 aliphatic rings. The van der Waals surface area contributed by atoms with E-state index in [-0.39, 0.29) is 11.4 Å². The highest BCUT2D eigenvalue weighted by molar-refractivity contribution is 5.51. The van der Waals surface area contributed by atoms with Gasteiger partial charge in [0.25, 0.3) is 0 Å². The lowest BCUT2D eigenvalue weighted by atomic mass is 10.3. The van der Waals surface area contributed by atoms with Gasteiger partial charge in [-0.3, -0.25) is 0 Å². The van der Waals surface area contributed by atoms with E-state index in [1.807, 2.05) is 17.0 Å². The number of nitrogens with zero attached hydrogens (tertiary/aromatic N) is 5. The van der Waals surface area contributed by atoms with E-state index < -0.39 is 0 Å². The van der Waals surface area contributed by atoms with Gasteiger partial charge in [-0.25, -0.2) is 9.97 Å². The number of rotatable bonds is 1. The lowest BCUT2D eigenvalue weighted by Crippen LogP contribution is -2.37. The van der Waals surface area contributed by atoms with Gasteiger partial charge in [0, 0.05) is 13.1 Å². The van der Waals surface area contributed by atoms with Gasteiger partial charge in [0.05, 0.1) is 19.4 Å². The second-order valence-corrected chi connectivity index (χ2v) is 3.25. The Morgan fingerprint density at radius 2 is 2.00 bits per heavy atom. The summed E-state index contributed by atoms with van der Waals surface area (Å²) in [5.74, 6) is 0.477. The Balaban J connectivity index is 2.37. The average Bonchev–Trinajstić information content (AvgIpc) is 2.39. The van der Waals surface area contributed by atoms with Crippen LogP contribution < -0.4 is 4.90 Å². The van der Waals surface area contributed by atoms with E-state index in [2.05, 4.69) is 9.97 Å². The molecule has 0 radical (unpaired) electrons. The molecule has 6 heteroatoms. The first-order valence-electron chi connectivity index (χ1n) is 4.85. The zero-order valence-electron chi connectivity index (χ0n) is 8.55. The third-order valence-electron chi connectivity index (χ3n) is 2.29. The fraction of sp³-hybridized carbons (Fsp3) is 0.400. The van der Waals surface area contributed by atoms with Gasteiger partial charge in [-0.15, -0.1) is 0 Å². The Kier molecular flexibility index (Phi) is 2.95. The molecule has 0 N–H and O–H groups in total. The molecule has 80 valence electrons. The van der Waals surface area contributed by atoms with E-state index in [4.69, 9.17) is 15.3 Å². The standard InChI is InChI=1S/C10H9N5O/c11-5-8-7-13-9(6-12)10(14-8)15-1-3-16-4-2-15/h7H,1-4H2. The lowest BCUT2D eigenvalue weighted by Gasteiger charge is -2.27. The van der Waals surface area contributed by atoms with Crippen LogP contribution in [0.5, 0.6) is 0 Å². The minimum Gasteiger partial charge on any atom is -0.378 e. The molecular weight excluding hydrogens is 206 g/mol. The van der Waals surface area contributed by atoms with Gasteiger partial charge >= 0.3 is 0 Å².